The normalized spacial score (nSPS) is 15.9. The first kappa shape index (κ1) is 15.4. The van der Waals surface area contributed by atoms with Crippen molar-refractivity contribution >= 4 is 11.9 Å². The first-order valence-electron chi connectivity index (χ1n) is 7.26. The number of carboxylic acids is 1. The van der Waals surface area contributed by atoms with Crippen LogP contribution in [0.1, 0.15) is 18.4 Å². The van der Waals surface area contributed by atoms with Crippen LogP contribution in [0.3, 0.4) is 0 Å². The first-order chi connectivity index (χ1) is 10.1. The molecule has 1 aliphatic rings. The van der Waals surface area contributed by atoms with Crippen LogP contribution in [0.4, 0.5) is 0 Å². The molecule has 0 aliphatic carbocycles. The predicted octanol–water partition coefficient (Wildman–Crippen LogP) is 0.633. The minimum absolute atomic E-state index is 0.163. The lowest BCUT2D eigenvalue weighted by atomic mass is 10.1. The SMILES string of the molecule is O=C(O)CCN1CCN(C(=O)CCc2ccncc2)CC1. The summed E-state index contributed by atoms with van der Waals surface area (Å²) >= 11 is 0. The quantitative estimate of drug-likeness (QED) is 0.832. The number of hydrogen-bond donors (Lipinski definition) is 1. The zero-order chi connectivity index (χ0) is 15.1. The van der Waals surface area contributed by atoms with Crippen LogP contribution in [-0.4, -0.2) is 64.5 Å². The van der Waals surface area contributed by atoms with Crippen molar-refractivity contribution in [3.05, 3.63) is 30.1 Å². The zero-order valence-electron chi connectivity index (χ0n) is 12.1. The Bertz CT molecular complexity index is 470. The second-order valence-electron chi connectivity index (χ2n) is 5.22. The molecule has 0 spiro atoms. The summed E-state index contributed by atoms with van der Waals surface area (Å²) in [6.07, 6.45) is 4.89. The van der Waals surface area contributed by atoms with Crippen molar-refractivity contribution in [3.8, 4) is 0 Å². The van der Waals surface area contributed by atoms with Crippen molar-refractivity contribution in [2.45, 2.75) is 19.3 Å². The van der Waals surface area contributed by atoms with Gasteiger partial charge in [0, 0.05) is 51.5 Å². The second-order valence-corrected chi connectivity index (χ2v) is 5.22. The Balaban J connectivity index is 1.69. The van der Waals surface area contributed by atoms with Crippen molar-refractivity contribution < 1.29 is 14.7 Å². The van der Waals surface area contributed by atoms with Gasteiger partial charge in [-0.2, -0.15) is 0 Å². The van der Waals surface area contributed by atoms with E-state index in [0.29, 0.717) is 26.1 Å². The van der Waals surface area contributed by atoms with E-state index in [4.69, 9.17) is 5.11 Å². The first-order valence-corrected chi connectivity index (χ1v) is 7.26. The molecule has 114 valence electrons. The molecule has 0 unspecified atom stereocenters. The van der Waals surface area contributed by atoms with Gasteiger partial charge >= 0.3 is 5.97 Å². The van der Waals surface area contributed by atoms with Crippen LogP contribution in [0.5, 0.6) is 0 Å². The van der Waals surface area contributed by atoms with Crippen molar-refractivity contribution in [1.29, 1.82) is 0 Å². The number of carboxylic acid groups (broad SMARTS) is 1. The highest BCUT2D eigenvalue weighted by Crippen LogP contribution is 2.07. The summed E-state index contributed by atoms with van der Waals surface area (Å²) in [6, 6.07) is 3.86. The molecule has 0 aromatic carbocycles. The van der Waals surface area contributed by atoms with Crippen LogP contribution in [0.15, 0.2) is 24.5 Å². The highest BCUT2D eigenvalue weighted by molar-refractivity contribution is 5.76. The zero-order valence-corrected chi connectivity index (χ0v) is 12.1. The maximum Gasteiger partial charge on any atom is 0.304 e. The van der Waals surface area contributed by atoms with E-state index >= 15 is 0 Å². The molecule has 0 saturated carbocycles. The Morgan fingerprint density at radius 3 is 2.38 bits per heavy atom. The van der Waals surface area contributed by atoms with E-state index in [0.717, 1.165) is 25.1 Å². The fourth-order valence-corrected chi connectivity index (χ4v) is 2.43. The minimum Gasteiger partial charge on any atom is -0.481 e. The number of piperazine rings is 1. The molecule has 1 N–H and O–H groups in total. The standard InChI is InChI=1S/C15H21N3O3/c19-14(2-1-13-3-6-16-7-4-13)18-11-9-17(10-12-18)8-5-15(20)21/h3-4,6-7H,1-2,5,8-12H2,(H,20,21). The van der Waals surface area contributed by atoms with Crippen molar-refractivity contribution in [1.82, 2.24) is 14.8 Å². The van der Waals surface area contributed by atoms with Gasteiger partial charge in [-0.25, -0.2) is 0 Å². The number of nitrogens with zero attached hydrogens (tertiary/aromatic N) is 3. The molecule has 1 aromatic heterocycles. The molecule has 1 saturated heterocycles. The second kappa shape index (κ2) is 7.73. The number of aryl methyl sites for hydroxylation is 1. The third-order valence-electron chi connectivity index (χ3n) is 3.74. The fourth-order valence-electron chi connectivity index (χ4n) is 2.43. The number of rotatable bonds is 6. The molecule has 1 amide bonds. The molecule has 1 aromatic rings. The summed E-state index contributed by atoms with van der Waals surface area (Å²) < 4.78 is 0. The number of aliphatic carboxylic acids is 1. The molecule has 6 nitrogen and oxygen atoms in total. The number of hydrogen-bond acceptors (Lipinski definition) is 4. The third-order valence-corrected chi connectivity index (χ3v) is 3.74. The molecule has 2 rings (SSSR count). The van der Waals surface area contributed by atoms with E-state index in [9.17, 15) is 9.59 Å². The van der Waals surface area contributed by atoms with Crippen LogP contribution < -0.4 is 0 Å². The van der Waals surface area contributed by atoms with Crippen LogP contribution in [-0.2, 0) is 16.0 Å². The molecule has 1 aliphatic heterocycles. The van der Waals surface area contributed by atoms with Gasteiger partial charge in [0.15, 0.2) is 0 Å². The maximum atomic E-state index is 12.1. The van der Waals surface area contributed by atoms with Gasteiger partial charge < -0.3 is 10.0 Å². The molecule has 0 bridgehead atoms. The summed E-state index contributed by atoms with van der Waals surface area (Å²) in [5, 5.41) is 8.67. The van der Waals surface area contributed by atoms with Crippen LogP contribution >= 0.6 is 0 Å². The van der Waals surface area contributed by atoms with Crippen molar-refractivity contribution in [2.24, 2.45) is 0 Å². The topological polar surface area (TPSA) is 73.7 Å². The smallest absolute Gasteiger partial charge is 0.304 e. The van der Waals surface area contributed by atoms with Gasteiger partial charge in [0.1, 0.15) is 0 Å². The van der Waals surface area contributed by atoms with E-state index in [1.807, 2.05) is 17.0 Å². The number of carbonyl (C=O) groups excluding carboxylic acids is 1. The molecule has 2 heterocycles. The average molecular weight is 291 g/mol. The predicted molar refractivity (Wildman–Crippen MR) is 77.8 cm³/mol. The minimum atomic E-state index is -0.772. The molecular formula is C15H21N3O3. The molecule has 0 atom stereocenters. The van der Waals surface area contributed by atoms with Crippen LogP contribution in [0.25, 0.3) is 0 Å². The summed E-state index contributed by atoms with van der Waals surface area (Å²) in [4.78, 5) is 30.6. The molecule has 0 radical (unpaired) electrons. The highest BCUT2D eigenvalue weighted by Gasteiger charge is 2.20. The molecule has 6 heteroatoms. The fraction of sp³-hybridized carbons (Fsp3) is 0.533. The Morgan fingerprint density at radius 1 is 1.10 bits per heavy atom. The Hall–Kier alpha value is -1.95. The van der Waals surface area contributed by atoms with Gasteiger partial charge in [-0.1, -0.05) is 0 Å². The van der Waals surface area contributed by atoms with Gasteiger partial charge in [-0.3, -0.25) is 19.5 Å². The number of pyridine rings is 1. The van der Waals surface area contributed by atoms with Crippen molar-refractivity contribution in [2.75, 3.05) is 32.7 Å². The summed E-state index contributed by atoms with van der Waals surface area (Å²) in [7, 11) is 0. The van der Waals surface area contributed by atoms with E-state index in [1.54, 1.807) is 12.4 Å². The molecular weight excluding hydrogens is 270 g/mol. The van der Waals surface area contributed by atoms with Gasteiger partial charge in [-0.05, 0) is 24.1 Å². The van der Waals surface area contributed by atoms with Crippen molar-refractivity contribution in [3.63, 3.8) is 0 Å². The largest absolute Gasteiger partial charge is 0.481 e. The monoisotopic (exact) mass is 291 g/mol. The Morgan fingerprint density at radius 2 is 1.76 bits per heavy atom. The van der Waals surface area contributed by atoms with E-state index in [-0.39, 0.29) is 12.3 Å². The average Bonchev–Trinajstić information content (AvgIpc) is 2.52. The lowest BCUT2D eigenvalue weighted by Gasteiger charge is -2.34. The number of aromatic nitrogens is 1. The van der Waals surface area contributed by atoms with Gasteiger partial charge in [0.25, 0.3) is 0 Å². The molecule has 21 heavy (non-hydrogen) atoms. The van der Waals surface area contributed by atoms with Gasteiger partial charge in [-0.15, -0.1) is 0 Å². The van der Waals surface area contributed by atoms with Gasteiger partial charge in [0.05, 0.1) is 6.42 Å². The van der Waals surface area contributed by atoms with Gasteiger partial charge in [0.2, 0.25) is 5.91 Å². The third kappa shape index (κ3) is 5.15. The van der Waals surface area contributed by atoms with Crippen LogP contribution in [0.2, 0.25) is 0 Å². The lowest BCUT2D eigenvalue weighted by Crippen LogP contribution is -2.49. The van der Waals surface area contributed by atoms with Crippen LogP contribution in [0, 0.1) is 0 Å². The summed E-state index contributed by atoms with van der Waals surface area (Å²) in [5.41, 5.74) is 1.12. The molecule has 1 fully saturated rings. The Labute approximate surface area is 124 Å². The number of amides is 1. The lowest BCUT2D eigenvalue weighted by molar-refractivity contribution is -0.138. The number of carbonyl (C=O) groups is 2. The van der Waals surface area contributed by atoms with E-state index in [1.165, 1.54) is 0 Å². The van der Waals surface area contributed by atoms with E-state index in [2.05, 4.69) is 9.88 Å². The summed E-state index contributed by atoms with van der Waals surface area (Å²) in [5.74, 6) is -0.601. The Kier molecular flexibility index (Phi) is 5.68. The maximum absolute atomic E-state index is 12.1. The highest BCUT2D eigenvalue weighted by atomic mass is 16.4. The summed E-state index contributed by atoms with van der Waals surface area (Å²) in [6.45, 7) is 3.46. The van der Waals surface area contributed by atoms with E-state index < -0.39 is 5.97 Å².